The van der Waals surface area contributed by atoms with Crippen LogP contribution in [0.2, 0.25) is 0 Å². The molecule has 0 bridgehead atoms. The van der Waals surface area contributed by atoms with Crippen LogP contribution in [0.4, 0.5) is 5.69 Å². The fraction of sp³-hybridized carbons (Fsp3) is 0.0909. The van der Waals surface area contributed by atoms with Gasteiger partial charge in [0.05, 0.1) is 15.7 Å². The average molecular weight is 313 g/mol. The molecule has 0 atom stereocenters. The Morgan fingerprint density at radius 1 is 1.41 bits per heavy atom. The molecule has 0 aliphatic heterocycles. The number of aromatic nitrogens is 1. The Labute approximate surface area is 110 Å². The number of thiophene rings is 1. The highest BCUT2D eigenvalue weighted by molar-refractivity contribution is 9.11. The van der Waals surface area contributed by atoms with E-state index in [1.54, 1.807) is 17.4 Å². The third-order valence-corrected chi connectivity index (χ3v) is 3.70. The van der Waals surface area contributed by atoms with E-state index < -0.39 is 5.97 Å². The van der Waals surface area contributed by atoms with E-state index in [9.17, 15) is 4.79 Å². The summed E-state index contributed by atoms with van der Waals surface area (Å²) in [4.78, 5) is 15.6. The summed E-state index contributed by atoms with van der Waals surface area (Å²) in [5.74, 6) is -1.02. The van der Waals surface area contributed by atoms with Crippen molar-refractivity contribution in [2.24, 2.45) is 0 Å². The largest absolute Gasteiger partial charge is 0.477 e. The first-order chi connectivity index (χ1) is 8.15. The molecule has 0 saturated carbocycles. The molecule has 4 nitrogen and oxygen atoms in total. The van der Waals surface area contributed by atoms with Gasteiger partial charge in [0, 0.05) is 11.4 Å². The van der Waals surface area contributed by atoms with Gasteiger partial charge in [0.25, 0.3) is 0 Å². The third-order valence-electron chi connectivity index (χ3n) is 2.08. The van der Waals surface area contributed by atoms with Gasteiger partial charge in [0.1, 0.15) is 5.69 Å². The van der Waals surface area contributed by atoms with Crippen LogP contribution < -0.4 is 5.32 Å². The quantitative estimate of drug-likeness (QED) is 0.910. The Morgan fingerprint density at radius 2 is 2.24 bits per heavy atom. The molecule has 2 N–H and O–H groups in total. The molecule has 0 spiro atoms. The zero-order valence-electron chi connectivity index (χ0n) is 8.68. The van der Waals surface area contributed by atoms with Crippen LogP contribution in [0.5, 0.6) is 0 Å². The van der Waals surface area contributed by atoms with Gasteiger partial charge in [-0.25, -0.2) is 9.78 Å². The van der Waals surface area contributed by atoms with Crippen LogP contribution in [0.25, 0.3) is 0 Å². The SMILES string of the molecule is O=C(O)c1ccc(NCc2ccc(Br)s2)cn1. The van der Waals surface area contributed by atoms with E-state index in [2.05, 4.69) is 26.2 Å². The van der Waals surface area contributed by atoms with Gasteiger partial charge >= 0.3 is 5.97 Å². The van der Waals surface area contributed by atoms with E-state index >= 15 is 0 Å². The number of anilines is 1. The van der Waals surface area contributed by atoms with E-state index in [0.717, 1.165) is 9.47 Å². The maximum absolute atomic E-state index is 10.6. The smallest absolute Gasteiger partial charge is 0.354 e. The fourth-order valence-corrected chi connectivity index (χ4v) is 2.68. The molecule has 0 aromatic carbocycles. The number of hydrogen-bond acceptors (Lipinski definition) is 4. The molecular formula is C11H9BrN2O2S. The van der Waals surface area contributed by atoms with Gasteiger partial charge in [-0.15, -0.1) is 11.3 Å². The minimum absolute atomic E-state index is 0.0504. The molecule has 0 unspecified atom stereocenters. The van der Waals surface area contributed by atoms with Gasteiger partial charge in [-0.05, 0) is 40.2 Å². The van der Waals surface area contributed by atoms with Crippen molar-refractivity contribution in [2.75, 3.05) is 5.32 Å². The summed E-state index contributed by atoms with van der Waals surface area (Å²) in [6.45, 7) is 0.699. The van der Waals surface area contributed by atoms with Crippen molar-refractivity contribution in [3.63, 3.8) is 0 Å². The predicted octanol–water partition coefficient (Wildman–Crippen LogP) is 3.22. The van der Waals surface area contributed by atoms with Gasteiger partial charge in [0.2, 0.25) is 0 Å². The molecule has 2 aromatic heterocycles. The number of carboxylic acid groups (broad SMARTS) is 1. The molecule has 0 fully saturated rings. The molecule has 6 heteroatoms. The number of pyridine rings is 1. The van der Waals surface area contributed by atoms with Crippen molar-refractivity contribution in [2.45, 2.75) is 6.54 Å². The number of hydrogen-bond donors (Lipinski definition) is 2. The topological polar surface area (TPSA) is 62.2 Å². The third kappa shape index (κ3) is 3.28. The second-order valence-corrected chi connectivity index (χ2v) is 5.84. The summed E-state index contributed by atoms with van der Waals surface area (Å²) in [6.07, 6.45) is 1.52. The Bertz CT molecular complexity index is 525. The normalized spacial score (nSPS) is 10.2. The number of halogens is 1. The summed E-state index contributed by atoms with van der Waals surface area (Å²) in [5, 5.41) is 11.9. The van der Waals surface area contributed by atoms with Crippen LogP contribution in [0.15, 0.2) is 34.2 Å². The number of carboxylic acids is 1. The maximum atomic E-state index is 10.6. The monoisotopic (exact) mass is 312 g/mol. The van der Waals surface area contributed by atoms with E-state index in [-0.39, 0.29) is 5.69 Å². The van der Waals surface area contributed by atoms with Crippen molar-refractivity contribution >= 4 is 38.9 Å². The summed E-state index contributed by atoms with van der Waals surface area (Å²) in [7, 11) is 0. The summed E-state index contributed by atoms with van der Waals surface area (Å²) < 4.78 is 1.09. The van der Waals surface area contributed by atoms with Gasteiger partial charge in [0.15, 0.2) is 0 Å². The van der Waals surface area contributed by atoms with Crippen LogP contribution in [0.1, 0.15) is 15.4 Å². The first-order valence-corrected chi connectivity index (χ1v) is 6.43. The van der Waals surface area contributed by atoms with E-state index in [4.69, 9.17) is 5.11 Å². The number of nitrogens with one attached hydrogen (secondary N) is 1. The Morgan fingerprint density at radius 3 is 2.76 bits per heavy atom. The summed E-state index contributed by atoms with van der Waals surface area (Å²) in [5.41, 5.74) is 0.856. The van der Waals surface area contributed by atoms with Crippen LogP contribution in [0, 0.1) is 0 Å². The molecule has 0 amide bonds. The molecule has 0 aliphatic carbocycles. The molecule has 0 radical (unpaired) electrons. The Hall–Kier alpha value is -1.40. The fourth-order valence-electron chi connectivity index (χ4n) is 1.26. The van der Waals surface area contributed by atoms with E-state index in [0.29, 0.717) is 6.54 Å². The summed E-state index contributed by atoms with van der Waals surface area (Å²) in [6, 6.07) is 7.21. The molecule has 2 rings (SSSR count). The standard InChI is InChI=1S/C11H9BrN2O2S/c12-10-4-2-8(17-10)6-13-7-1-3-9(11(15)16)14-5-7/h1-5,13H,6H2,(H,15,16). The van der Waals surface area contributed by atoms with Gasteiger partial charge in [-0.1, -0.05) is 0 Å². The van der Waals surface area contributed by atoms with Crippen LogP contribution in [-0.4, -0.2) is 16.1 Å². The van der Waals surface area contributed by atoms with E-state index in [1.807, 2.05) is 12.1 Å². The average Bonchev–Trinajstić information content (AvgIpc) is 2.73. The Balaban J connectivity index is 1.97. The zero-order valence-corrected chi connectivity index (χ0v) is 11.1. The highest BCUT2D eigenvalue weighted by Gasteiger charge is 2.03. The number of carbonyl (C=O) groups is 1. The highest BCUT2D eigenvalue weighted by Crippen LogP contribution is 2.22. The number of aromatic carboxylic acids is 1. The predicted molar refractivity (Wildman–Crippen MR) is 70.5 cm³/mol. The minimum atomic E-state index is -1.02. The molecular weight excluding hydrogens is 304 g/mol. The highest BCUT2D eigenvalue weighted by atomic mass is 79.9. The van der Waals surface area contributed by atoms with Crippen LogP contribution in [-0.2, 0) is 6.54 Å². The molecule has 2 aromatic rings. The van der Waals surface area contributed by atoms with Crippen molar-refractivity contribution in [3.05, 3.63) is 44.8 Å². The molecule has 17 heavy (non-hydrogen) atoms. The van der Waals surface area contributed by atoms with E-state index in [1.165, 1.54) is 17.1 Å². The van der Waals surface area contributed by atoms with Crippen LogP contribution >= 0.6 is 27.3 Å². The van der Waals surface area contributed by atoms with Gasteiger partial charge < -0.3 is 10.4 Å². The van der Waals surface area contributed by atoms with Crippen molar-refractivity contribution in [3.8, 4) is 0 Å². The lowest BCUT2D eigenvalue weighted by Crippen LogP contribution is -2.02. The zero-order chi connectivity index (χ0) is 12.3. The minimum Gasteiger partial charge on any atom is -0.477 e. The van der Waals surface area contributed by atoms with Crippen molar-refractivity contribution < 1.29 is 9.90 Å². The molecule has 0 aliphatic rings. The second-order valence-electron chi connectivity index (χ2n) is 3.30. The van der Waals surface area contributed by atoms with Gasteiger partial charge in [-0.3, -0.25) is 0 Å². The number of nitrogens with zero attached hydrogens (tertiary/aromatic N) is 1. The Kier molecular flexibility index (Phi) is 3.75. The van der Waals surface area contributed by atoms with Crippen LogP contribution in [0.3, 0.4) is 0 Å². The number of rotatable bonds is 4. The second kappa shape index (κ2) is 5.29. The van der Waals surface area contributed by atoms with Gasteiger partial charge in [-0.2, -0.15) is 0 Å². The summed E-state index contributed by atoms with van der Waals surface area (Å²) >= 11 is 5.05. The lowest BCUT2D eigenvalue weighted by atomic mass is 10.3. The lowest BCUT2D eigenvalue weighted by molar-refractivity contribution is 0.0690. The maximum Gasteiger partial charge on any atom is 0.354 e. The molecule has 2 heterocycles. The lowest BCUT2D eigenvalue weighted by Gasteiger charge is -2.04. The first-order valence-electron chi connectivity index (χ1n) is 4.82. The molecule has 88 valence electrons. The molecule has 0 saturated heterocycles. The van der Waals surface area contributed by atoms with Crippen molar-refractivity contribution in [1.29, 1.82) is 0 Å². The van der Waals surface area contributed by atoms with Crippen molar-refractivity contribution in [1.82, 2.24) is 4.98 Å². The first kappa shape index (κ1) is 12.1.